The minimum absolute atomic E-state index is 0.0362. The van der Waals surface area contributed by atoms with E-state index in [0.29, 0.717) is 10.7 Å². The molecular weight excluding hydrogens is 286 g/mol. The number of carbonyl (C=O) groups is 2. The first-order chi connectivity index (χ1) is 10.1. The summed E-state index contributed by atoms with van der Waals surface area (Å²) in [6, 6.07) is 8.97. The van der Waals surface area contributed by atoms with E-state index in [-0.39, 0.29) is 30.4 Å². The molecule has 1 heterocycles. The fourth-order valence-corrected chi connectivity index (χ4v) is 2.46. The zero-order chi connectivity index (χ0) is 15.2. The van der Waals surface area contributed by atoms with Crippen molar-refractivity contribution in [3.8, 4) is 0 Å². The first-order valence-electron chi connectivity index (χ1n) is 6.77. The van der Waals surface area contributed by atoms with Crippen LogP contribution in [-0.2, 0) is 4.79 Å². The molecule has 6 heteroatoms. The zero-order valence-electron chi connectivity index (χ0n) is 12.0. The van der Waals surface area contributed by atoms with Crippen LogP contribution in [0.4, 0.5) is 5.13 Å². The molecule has 2 rings (SSSR count). The van der Waals surface area contributed by atoms with Crippen LogP contribution in [0.3, 0.4) is 0 Å². The Morgan fingerprint density at radius 2 is 1.86 bits per heavy atom. The van der Waals surface area contributed by atoms with Crippen LogP contribution in [0.5, 0.6) is 0 Å². The van der Waals surface area contributed by atoms with Crippen LogP contribution in [0.15, 0.2) is 30.3 Å². The minimum Gasteiger partial charge on any atom is -0.301 e. The van der Waals surface area contributed by atoms with Gasteiger partial charge in [0, 0.05) is 24.3 Å². The van der Waals surface area contributed by atoms with Crippen molar-refractivity contribution >= 4 is 28.2 Å². The lowest BCUT2D eigenvalue weighted by molar-refractivity contribution is -0.116. The number of amides is 1. The van der Waals surface area contributed by atoms with E-state index in [1.165, 1.54) is 11.3 Å². The van der Waals surface area contributed by atoms with E-state index in [1.807, 2.05) is 32.0 Å². The van der Waals surface area contributed by atoms with E-state index in [9.17, 15) is 9.59 Å². The maximum absolute atomic E-state index is 11.9. The van der Waals surface area contributed by atoms with E-state index < -0.39 is 0 Å². The van der Waals surface area contributed by atoms with Gasteiger partial charge in [-0.15, -0.1) is 10.2 Å². The summed E-state index contributed by atoms with van der Waals surface area (Å²) in [5.41, 5.74) is 0.628. The van der Waals surface area contributed by atoms with Gasteiger partial charge in [-0.3, -0.25) is 9.59 Å². The van der Waals surface area contributed by atoms with Gasteiger partial charge in [-0.05, 0) is 0 Å². The lowest BCUT2D eigenvalue weighted by Crippen LogP contribution is -2.13. The Kier molecular flexibility index (Phi) is 5.16. The molecule has 0 unspecified atom stereocenters. The molecule has 0 aliphatic heterocycles. The van der Waals surface area contributed by atoms with Gasteiger partial charge in [-0.25, -0.2) is 0 Å². The smallest absolute Gasteiger partial charge is 0.226 e. The van der Waals surface area contributed by atoms with Crippen LogP contribution < -0.4 is 5.32 Å². The number of hydrogen-bond acceptors (Lipinski definition) is 5. The summed E-state index contributed by atoms with van der Waals surface area (Å²) in [5.74, 6) is 0.0319. The molecule has 0 aliphatic carbocycles. The topological polar surface area (TPSA) is 72.0 Å². The molecule has 110 valence electrons. The highest BCUT2D eigenvalue weighted by Gasteiger charge is 2.12. The van der Waals surface area contributed by atoms with Gasteiger partial charge in [0.2, 0.25) is 11.0 Å². The van der Waals surface area contributed by atoms with E-state index in [1.54, 1.807) is 12.1 Å². The molecule has 1 N–H and O–H groups in total. The van der Waals surface area contributed by atoms with Gasteiger partial charge >= 0.3 is 0 Å². The van der Waals surface area contributed by atoms with Gasteiger partial charge < -0.3 is 5.32 Å². The number of ketones is 1. The van der Waals surface area contributed by atoms with Crippen LogP contribution in [0.25, 0.3) is 0 Å². The predicted molar refractivity (Wildman–Crippen MR) is 82.6 cm³/mol. The summed E-state index contributed by atoms with van der Waals surface area (Å²) in [6.45, 7) is 4.04. The van der Waals surface area contributed by atoms with Crippen LogP contribution >= 0.6 is 11.3 Å². The highest BCUT2D eigenvalue weighted by atomic mass is 32.1. The molecule has 0 spiro atoms. The Bertz CT molecular complexity index is 623. The number of aromatic nitrogens is 2. The third-order valence-corrected chi connectivity index (χ3v) is 4.00. The second kappa shape index (κ2) is 7.08. The van der Waals surface area contributed by atoms with E-state index in [4.69, 9.17) is 0 Å². The number of nitrogens with zero attached hydrogens (tertiary/aromatic N) is 2. The summed E-state index contributed by atoms with van der Waals surface area (Å²) in [5, 5.41) is 12.0. The molecule has 0 aliphatic rings. The number of rotatable bonds is 6. The van der Waals surface area contributed by atoms with Crippen molar-refractivity contribution in [3.05, 3.63) is 40.9 Å². The second-order valence-corrected chi connectivity index (χ2v) is 5.95. The van der Waals surface area contributed by atoms with Gasteiger partial charge in [-0.1, -0.05) is 55.5 Å². The number of anilines is 1. The molecule has 0 saturated heterocycles. The van der Waals surface area contributed by atoms with Gasteiger partial charge in [0.25, 0.3) is 0 Å². The summed E-state index contributed by atoms with van der Waals surface area (Å²) in [6.07, 6.45) is 0.329. The molecular formula is C15H17N3O2S. The highest BCUT2D eigenvalue weighted by molar-refractivity contribution is 7.15. The van der Waals surface area contributed by atoms with Gasteiger partial charge in [0.15, 0.2) is 5.78 Å². The fraction of sp³-hybridized carbons (Fsp3) is 0.333. The summed E-state index contributed by atoms with van der Waals surface area (Å²) in [4.78, 5) is 23.7. The van der Waals surface area contributed by atoms with Crippen molar-refractivity contribution < 1.29 is 9.59 Å². The summed E-state index contributed by atoms with van der Waals surface area (Å²) >= 11 is 1.36. The number of hydrogen-bond donors (Lipinski definition) is 1. The number of Topliss-reactive ketones (excluding diaryl/α,β-unsaturated/α-hetero) is 1. The van der Waals surface area contributed by atoms with Crippen molar-refractivity contribution in [2.45, 2.75) is 32.6 Å². The Morgan fingerprint density at radius 1 is 1.14 bits per heavy atom. The van der Waals surface area contributed by atoms with Crippen LogP contribution in [0.2, 0.25) is 0 Å². The molecule has 0 bridgehead atoms. The number of nitrogens with one attached hydrogen (secondary N) is 1. The Balaban J connectivity index is 1.83. The van der Waals surface area contributed by atoms with E-state index in [2.05, 4.69) is 15.5 Å². The standard InChI is InChI=1S/C15H17N3O2S/c1-10(2)14-17-18-15(21-14)16-13(20)9-8-12(19)11-6-4-3-5-7-11/h3-7,10H,8-9H2,1-2H3,(H,16,18,20). The molecule has 1 aromatic heterocycles. The van der Waals surface area contributed by atoms with Crippen LogP contribution in [-0.4, -0.2) is 21.9 Å². The summed E-state index contributed by atoms with van der Waals surface area (Å²) in [7, 11) is 0. The lowest BCUT2D eigenvalue weighted by atomic mass is 10.1. The summed E-state index contributed by atoms with van der Waals surface area (Å²) < 4.78 is 0. The van der Waals surface area contributed by atoms with Crippen LogP contribution in [0.1, 0.15) is 48.0 Å². The highest BCUT2D eigenvalue weighted by Crippen LogP contribution is 2.22. The molecule has 5 nitrogen and oxygen atoms in total. The zero-order valence-corrected chi connectivity index (χ0v) is 12.8. The van der Waals surface area contributed by atoms with Crippen molar-refractivity contribution in [2.24, 2.45) is 0 Å². The monoisotopic (exact) mass is 303 g/mol. The first kappa shape index (κ1) is 15.3. The number of benzene rings is 1. The average Bonchev–Trinajstić information content (AvgIpc) is 2.94. The lowest BCUT2D eigenvalue weighted by Gasteiger charge is -2.01. The fourth-order valence-electron chi connectivity index (χ4n) is 1.70. The Morgan fingerprint density at radius 3 is 2.48 bits per heavy atom. The Hall–Kier alpha value is -2.08. The minimum atomic E-state index is -0.217. The van der Waals surface area contributed by atoms with Crippen molar-refractivity contribution in [2.75, 3.05) is 5.32 Å². The molecule has 0 fully saturated rings. The van der Waals surface area contributed by atoms with Crippen LogP contribution in [0, 0.1) is 0 Å². The van der Waals surface area contributed by atoms with Crippen molar-refractivity contribution in [1.29, 1.82) is 0 Å². The third-order valence-electron chi connectivity index (χ3n) is 2.86. The molecule has 0 radical (unpaired) electrons. The van der Waals surface area contributed by atoms with Gasteiger partial charge in [-0.2, -0.15) is 0 Å². The molecule has 21 heavy (non-hydrogen) atoms. The average molecular weight is 303 g/mol. The SMILES string of the molecule is CC(C)c1nnc(NC(=O)CCC(=O)c2ccccc2)s1. The molecule has 1 aromatic carbocycles. The third kappa shape index (κ3) is 4.46. The Labute approximate surface area is 127 Å². The van der Waals surface area contributed by atoms with Gasteiger partial charge in [0.05, 0.1) is 0 Å². The predicted octanol–water partition coefficient (Wildman–Crippen LogP) is 3.26. The van der Waals surface area contributed by atoms with Crippen molar-refractivity contribution in [3.63, 3.8) is 0 Å². The first-order valence-corrected chi connectivity index (χ1v) is 7.59. The quantitative estimate of drug-likeness (QED) is 0.831. The van der Waals surface area contributed by atoms with Crippen molar-refractivity contribution in [1.82, 2.24) is 10.2 Å². The molecule has 0 saturated carbocycles. The van der Waals surface area contributed by atoms with E-state index >= 15 is 0 Å². The normalized spacial score (nSPS) is 10.6. The maximum atomic E-state index is 11.9. The number of carbonyl (C=O) groups excluding carboxylic acids is 2. The molecule has 0 atom stereocenters. The molecule has 1 amide bonds. The molecule has 2 aromatic rings. The maximum Gasteiger partial charge on any atom is 0.226 e. The largest absolute Gasteiger partial charge is 0.301 e. The van der Waals surface area contributed by atoms with Gasteiger partial charge in [0.1, 0.15) is 5.01 Å². The van der Waals surface area contributed by atoms with E-state index in [0.717, 1.165) is 5.01 Å². The second-order valence-electron chi connectivity index (χ2n) is 4.94.